The van der Waals surface area contributed by atoms with E-state index in [1.165, 1.54) is 0 Å². The number of ketones is 1. The van der Waals surface area contributed by atoms with E-state index in [0.717, 1.165) is 30.4 Å². The maximum absolute atomic E-state index is 11.3. The van der Waals surface area contributed by atoms with E-state index < -0.39 is 0 Å². The zero-order valence-electron chi connectivity index (χ0n) is 8.42. The Hall–Kier alpha value is -0.820. The highest BCUT2D eigenvalue weighted by Crippen LogP contribution is 2.12. The lowest BCUT2D eigenvalue weighted by Gasteiger charge is -2.05. The fourth-order valence-corrected chi connectivity index (χ4v) is 1.68. The van der Waals surface area contributed by atoms with E-state index in [-0.39, 0.29) is 5.78 Å². The molecule has 1 aromatic carbocycles. The molecule has 0 unspecified atom stereocenters. The van der Waals surface area contributed by atoms with Crippen molar-refractivity contribution in [3.05, 3.63) is 35.4 Å². The number of carbonyl (C=O) groups is 1. The van der Waals surface area contributed by atoms with Crippen molar-refractivity contribution in [1.82, 2.24) is 0 Å². The van der Waals surface area contributed by atoms with Gasteiger partial charge in [0.05, 0.1) is 0 Å². The van der Waals surface area contributed by atoms with Gasteiger partial charge in [0.15, 0.2) is 5.78 Å². The van der Waals surface area contributed by atoms with Crippen LogP contribution in [0.5, 0.6) is 0 Å². The minimum absolute atomic E-state index is 0.145. The molecule has 0 N–H and O–H groups in total. The molecule has 1 nitrogen and oxygen atoms in total. The molecule has 0 aromatic heterocycles. The average Bonchev–Trinajstić information content (AvgIpc) is 2.19. The smallest absolute Gasteiger partial charge is 0.160 e. The van der Waals surface area contributed by atoms with E-state index in [1.54, 1.807) is 6.92 Å². The lowest BCUT2D eigenvalue weighted by molar-refractivity contribution is 0.101. The van der Waals surface area contributed by atoms with Crippen LogP contribution in [0.4, 0.5) is 0 Å². The van der Waals surface area contributed by atoms with Gasteiger partial charge in [0, 0.05) is 11.4 Å². The van der Waals surface area contributed by atoms with Crippen molar-refractivity contribution in [2.24, 2.45) is 0 Å². The molecular formula is C12H15ClO. The van der Waals surface area contributed by atoms with Crippen LogP contribution >= 0.6 is 11.6 Å². The van der Waals surface area contributed by atoms with Crippen molar-refractivity contribution in [3.8, 4) is 0 Å². The quantitative estimate of drug-likeness (QED) is 0.413. The summed E-state index contributed by atoms with van der Waals surface area (Å²) < 4.78 is 0. The second-order valence-corrected chi connectivity index (χ2v) is 3.74. The molecule has 2 heteroatoms. The summed E-state index contributed by atoms with van der Waals surface area (Å²) in [6.45, 7) is 1.61. The number of Topliss-reactive ketones (excluding diaryl/α,β-unsaturated/α-hetero) is 1. The number of hydrogen-bond donors (Lipinski definition) is 0. The monoisotopic (exact) mass is 210 g/mol. The normalized spacial score (nSPS) is 10.1. The van der Waals surface area contributed by atoms with E-state index >= 15 is 0 Å². The number of rotatable bonds is 5. The number of unbranched alkanes of at least 4 members (excludes halogenated alkanes) is 1. The third-order valence-electron chi connectivity index (χ3n) is 2.23. The highest BCUT2D eigenvalue weighted by Gasteiger charge is 2.04. The third kappa shape index (κ3) is 3.15. The maximum Gasteiger partial charge on any atom is 0.160 e. The molecule has 0 spiro atoms. The molecule has 0 aliphatic rings. The van der Waals surface area contributed by atoms with Gasteiger partial charge in [-0.1, -0.05) is 24.3 Å². The fraction of sp³-hybridized carbons (Fsp3) is 0.417. The van der Waals surface area contributed by atoms with Gasteiger partial charge in [0.1, 0.15) is 0 Å². The Morgan fingerprint density at radius 2 is 2.00 bits per heavy atom. The van der Waals surface area contributed by atoms with Crippen LogP contribution in [0.3, 0.4) is 0 Å². The predicted octanol–water partition coefficient (Wildman–Crippen LogP) is 3.45. The Morgan fingerprint density at radius 3 is 2.64 bits per heavy atom. The first-order chi connectivity index (χ1) is 6.75. The van der Waals surface area contributed by atoms with Crippen LogP contribution < -0.4 is 0 Å². The first-order valence-electron chi connectivity index (χ1n) is 4.90. The van der Waals surface area contributed by atoms with Crippen LogP contribution in [0, 0.1) is 0 Å². The predicted molar refractivity (Wildman–Crippen MR) is 60.1 cm³/mol. The Labute approximate surface area is 90.1 Å². The van der Waals surface area contributed by atoms with E-state index in [1.807, 2.05) is 24.3 Å². The van der Waals surface area contributed by atoms with Crippen LogP contribution in [0.1, 0.15) is 35.7 Å². The summed E-state index contributed by atoms with van der Waals surface area (Å²) in [6, 6.07) is 7.79. The standard InChI is InChI=1S/C12H15ClO/c1-10(14)12-8-3-2-6-11(12)7-4-5-9-13/h2-3,6,8H,4-5,7,9H2,1H3. The molecular weight excluding hydrogens is 196 g/mol. The van der Waals surface area contributed by atoms with Crippen LogP contribution in [0.25, 0.3) is 0 Å². The molecule has 0 aliphatic heterocycles. The maximum atomic E-state index is 11.3. The lowest BCUT2D eigenvalue weighted by atomic mass is 10.00. The summed E-state index contributed by atoms with van der Waals surface area (Å²) in [5.41, 5.74) is 1.99. The topological polar surface area (TPSA) is 17.1 Å². The molecule has 0 radical (unpaired) electrons. The van der Waals surface area contributed by atoms with Gasteiger partial charge in [0.2, 0.25) is 0 Å². The van der Waals surface area contributed by atoms with Gasteiger partial charge in [-0.2, -0.15) is 0 Å². The van der Waals surface area contributed by atoms with Gasteiger partial charge in [-0.25, -0.2) is 0 Å². The second kappa shape index (κ2) is 5.82. The van der Waals surface area contributed by atoms with Gasteiger partial charge in [-0.15, -0.1) is 11.6 Å². The van der Waals surface area contributed by atoms with Gasteiger partial charge in [0.25, 0.3) is 0 Å². The van der Waals surface area contributed by atoms with Crippen LogP contribution in [0.15, 0.2) is 24.3 Å². The number of hydrogen-bond acceptors (Lipinski definition) is 1. The van der Waals surface area contributed by atoms with Crippen molar-refractivity contribution in [2.45, 2.75) is 26.2 Å². The molecule has 0 bridgehead atoms. The molecule has 1 aromatic rings. The van der Waals surface area contributed by atoms with Crippen molar-refractivity contribution >= 4 is 17.4 Å². The fourth-order valence-electron chi connectivity index (χ4n) is 1.49. The van der Waals surface area contributed by atoms with Crippen LogP contribution in [-0.4, -0.2) is 11.7 Å². The van der Waals surface area contributed by atoms with Crippen molar-refractivity contribution in [3.63, 3.8) is 0 Å². The number of benzene rings is 1. The Kier molecular flexibility index (Phi) is 4.68. The Balaban J connectivity index is 2.69. The Morgan fingerprint density at radius 1 is 1.29 bits per heavy atom. The van der Waals surface area contributed by atoms with Gasteiger partial charge in [-0.05, 0) is 31.7 Å². The average molecular weight is 211 g/mol. The second-order valence-electron chi connectivity index (χ2n) is 3.36. The number of aryl methyl sites for hydroxylation is 1. The lowest BCUT2D eigenvalue weighted by Crippen LogP contribution is -1.99. The van der Waals surface area contributed by atoms with Crippen molar-refractivity contribution in [1.29, 1.82) is 0 Å². The van der Waals surface area contributed by atoms with Crippen molar-refractivity contribution in [2.75, 3.05) is 5.88 Å². The zero-order valence-corrected chi connectivity index (χ0v) is 9.18. The number of carbonyl (C=O) groups excluding carboxylic acids is 1. The highest BCUT2D eigenvalue weighted by atomic mass is 35.5. The molecule has 0 fully saturated rings. The first-order valence-corrected chi connectivity index (χ1v) is 5.44. The SMILES string of the molecule is CC(=O)c1ccccc1CCCCCl. The van der Waals surface area contributed by atoms with Crippen molar-refractivity contribution < 1.29 is 4.79 Å². The number of halogens is 1. The minimum atomic E-state index is 0.145. The molecule has 0 saturated heterocycles. The summed E-state index contributed by atoms with van der Waals surface area (Å²) in [6.07, 6.45) is 3.00. The van der Waals surface area contributed by atoms with E-state index in [9.17, 15) is 4.79 Å². The highest BCUT2D eigenvalue weighted by molar-refractivity contribution is 6.17. The van der Waals surface area contributed by atoms with E-state index in [4.69, 9.17) is 11.6 Å². The summed E-state index contributed by atoms with van der Waals surface area (Å²) in [5.74, 6) is 0.842. The molecule has 0 aliphatic carbocycles. The number of alkyl halides is 1. The van der Waals surface area contributed by atoms with E-state index in [0.29, 0.717) is 5.88 Å². The molecule has 76 valence electrons. The van der Waals surface area contributed by atoms with Gasteiger partial charge >= 0.3 is 0 Å². The molecule has 14 heavy (non-hydrogen) atoms. The minimum Gasteiger partial charge on any atom is -0.295 e. The molecule has 0 atom stereocenters. The summed E-state index contributed by atoms with van der Waals surface area (Å²) >= 11 is 5.60. The first kappa shape index (κ1) is 11.3. The zero-order chi connectivity index (χ0) is 10.4. The molecule has 1 rings (SSSR count). The van der Waals surface area contributed by atoms with Crippen LogP contribution in [0.2, 0.25) is 0 Å². The van der Waals surface area contributed by atoms with Gasteiger partial charge in [-0.3, -0.25) is 4.79 Å². The summed E-state index contributed by atoms with van der Waals surface area (Å²) in [5, 5.41) is 0. The van der Waals surface area contributed by atoms with Crippen LogP contribution in [-0.2, 0) is 6.42 Å². The van der Waals surface area contributed by atoms with Gasteiger partial charge < -0.3 is 0 Å². The van der Waals surface area contributed by atoms with E-state index in [2.05, 4.69) is 0 Å². The summed E-state index contributed by atoms with van der Waals surface area (Å²) in [7, 11) is 0. The summed E-state index contributed by atoms with van der Waals surface area (Å²) in [4.78, 5) is 11.3. The molecule has 0 saturated carbocycles. The largest absolute Gasteiger partial charge is 0.295 e. The molecule has 0 amide bonds. The molecule has 0 heterocycles. The third-order valence-corrected chi connectivity index (χ3v) is 2.49. The Bertz CT molecular complexity index is 307.